The normalized spacial score (nSPS) is 10.3. The molecule has 0 unspecified atom stereocenters. The highest BCUT2D eigenvalue weighted by Gasteiger charge is 2.10. The Morgan fingerprint density at radius 1 is 0.720 bits per heavy atom. The van der Waals surface area contributed by atoms with Crippen LogP contribution in [0.1, 0.15) is 22.9 Å². The standard InChI is InChI=1S/C21H18O4.H2/c1-14-3-7-17(8-4-14)24-19-11-16(21(22)23)12-20(13-19)25-18-9-5-15(2)6-10-18;/h3-13H,1-2H3,(H,22,23);1H. The van der Waals surface area contributed by atoms with Crippen molar-refractivity contribution in [2.45, 2.75) is 13.8 Å². The molecule has 4 nitrogen and oxygen atoms in total. The van der Waals surface area contributed by atoms with E-state index in [1.807, 2.05) is 62.4 Å². The number of rotatable bonds is 5. The predicted molar refractivity (Wildman–Crippen MR) is 98.0 cm³/mol. The molecule has 0 spiro atoms. The lowest BCUT2D eigenvalue weighted by molar-refractivity contribution is 0.0696. The second-order valence-corrected chi connectivity index (χ2v) is 5.83. The topological polar surface area (TPSA) is 55.8 Å². The Bertz CT molecular complexity index is 821. The van der Waals surface area contributed by atoms with Gasteiger partial charge in [0.05, 0.1) is 5.56 Å². The van der Waals surface area contributed by atoms with E-state index in [-0.39, 0.29) is 6.99 Å². The fraction of sp³-hybridized carbons (Fsp3) is 0.0952. The first kappa shape index (κ1) is 16.6. The van der Waals surface area contributed by atoms with Gasteiger partial charge in [0.25, 0.3) is 0 Å². The van der Waals surface area contributed by atoms with E-state index < -0.39 is 5.97 Å². The third-order valence-electron chi connectivity index (χ3n) is 3.64. The molecule has 25 heavy (non-hydrogen) atoms. The first-order valence-corrected chi connectivity index (χ1v) is 7.87. The summed E-state index contributed by atoms with van der Waals surface area (Å²) in [7, 11) is 0. The van der Waals surface area contributed by atoms with Crippen LogP contribution in [0.3, 0.4) is 0 Å². The molecule has 3 rings (SSSR count). The fourth-order valence-corrected chi connectivity index (χ4v) is 2.30. The van der Waals surface area contributed by atoms with Crippen LogP contribution in [0.25, 0.3) is 0 Å². The first-order chi connectivity index (χ1) is 12.0. The number of hydrogen-bond acceptors (Lipinski definition) is 3. The maximum Gasteiger partial charge on any atom is 0.335 e. The fourth-order valence-electron chi connectivity index (χ4n) is 2.30. The van der Waals surface area contributed by atoms with Crippen molar-refractivity contribution in [2.75, 3.05) is 0 Å². The van der Waals surface area contributed by atoms with E-state index in [2.05, 4.69) is 0 Å². The molecule has 0 aliphatic rings. The molecule has 0 fully saturated rings. The van der Waals surface area contributed by atoms with Crippen LogP contribution in [0.2, 0.25) is 0 Å². The van der Waals surface area contributed by atoms with Crippen molar-refractivity contribution in [3.05, 3.63) is 83.4 Å². The Balaban J connectivity index is 0.00000243. The summed E-state index contributed by atoms with van der Waals surface area (Å²) in [6, 6.07) is 19.7. The van der Waals surface area contributed by atoms with Crippen molar-refractivity contribution >= 4 is 5.97 Å². The van der Waals surface area contributed by atoms with E-state index in [9.17, 15) is 9.90 Å². The lowest BCUT2D eigenvalue weighted by atomic mass is 10.2. The molecule has 0 bridgehead atoms. The van der Waals surface area contributed by atoms with Crippen molar-refractivity contribution in [2.24, 2.45) is 0 Å². The molecule has 0 heterocycles. The molecule has 0 saturated carbocycles. The molecule has 3 aromatic carbocycles. The van der Waals surface area contributed by atoms with E-state index >= 15 is 0 Å². The molecule has 0 aromatic heterocycles. The van der Waals surface area contributed by atoms with Crippen molar-refractivity contribution in [3.8, 4) is 23.0 Å². The highest BCUT2D eigenvalue weighted by Crippen LogP contribution is 2.30. The minimum atomic E-state index is -1.04. The second kappa shape index (κ2) is 7.09. The Labute approximate surface area is 147 Å². The molecular weight excluding hydrogens is 316 g/mol. The summed E-state index contributed by atoms with van der Waals surface area (Å²) in [6.07, 6.45) is 0. The van der Waals surface area contributed by atoms with E-state index in [0.717, 1.165) is 11.1 Å². The van der Waals surface area contributed by atoms with E-state index in [0.29, 0.717) is 23.0 Å². The zero-order valence-electron chi connectivity index (χ0n) is 14.0. The van der Waals surface area contributed by atoms with E-state index in [4.69, 9.17) is 9.47 Å². The summed E-state index contributed by atoms with van der Waals surface area (Å²) in [4.78, 5) is 11.4. The SMILES string of the molecule is Cc1ccc(Oc2cc(Oc3ccc(C)cc3)cc(C(=O)O)c2)cc1.[HH]. The Kier molecular flexibility index (Phi) is 4.70. The number of carbonyl (C=O) groups is 1. The monoisotopic (exact) mass is 336 g/mol. The van der Waals surface area contributed by atoms with Gasteiger partial charge in [-0.15, -0.1) is 0 Å². The maximum absolute atomic E-state index is 11.4. The zero-order chi connectivity index (χ0) is 17.8. The zero-order valence-corrected chi connectivity index (χ0v) is 14.0. The predicted octanol–water partition coefficient (Wildman–Crippen LogP) is 5.83. The smallest absolute Gasteiger partial charge is 0.335 e. The number of aryl methyl sites for hydroxylation is 2. The quantitative estimate of drug-likeness (QED) is 0.636. The first-order valence-electron chi connectivity index (χ1n) is 7.87. The maximum atomic E-state index is 11.4. The minimum Gasteiger partial charge on any atom is -0.478 e. The Morgan fingerprint density at radius 2 is 1.12 bits per heavy atom. The van der Waals surface area contributed by atoms with Crippen LogP contribution in [0.4, 0.5) is 0 Å². The average Bonchev–Trinajstić information content (AvgIpc) is 2.59. The van der Waals surface area contributed by atoms with Crippen LogP contribution in [0, 0.1) is 13.8 Å². The van der Waals surface area contributed by atoms with Crippen molar-refractivity contribution < 1.29 is 20.8 Å². The Morgan fingerprint density at radius 3 is 1.48 bits per heavy atom. The van der Waals surface area contributed by atoms with Crippen LogP contribution in [0.5, 0.6) is 23.0 Å². The number of ether oxygens (including phenoxy) is 2. The van der Waals surface area contributed by atoms with Crippen molar-refractivity contribution in [3.63, 3.8) is 0 Å². The van der Waals surface area contributed by atoms with Crippen LogP contribution >= 0.6 is 0 Å². The number of carboxylic acids is 1. The molecular formula is C21H20O4. The van der Waals surface area contributed by atoms with Gasteiger partial charge in [-0.25, -0.2) is 4.79 Å². The molecule has 4 heteroatoms. The lowest BCUT2D eigenvalue weighted by Crippen LogP contribution is -1.98. The summed E-state index contributed by atoms with van der Waals surface area (Å²) in [5.74, 6) is 1.05. The van der Waals surface area contributed by atoms with Gasteiger partial charge in [0.1, 0.15) is 23.0 Å². The van der Waals surface area contributed by atoms with Gasteiger partial charge in [-0.05, 0) is 50.2 Å². The van der Waals surface area contributed by atoms with Gasteiger partial charge in [-0.2, -0.15) is 0 Å². The molecule has 0 amide bonds. The minimum absolute atomic E-state index is 0. The van der Waals surface area contributed by atoms with Gasteiger partial charge >= 0.3 is 5.97 Å². The summed E-state index contributed by atoms with van der Waals surface area (Å²) in [6.45, 7) is 3.98. The lowest BCUT2D eigenvalue weighted by Gasteiger charge is -2.11. The number of hydrogen-bond donors (Lipinski definition) is 1. The molecule has 0 saturated heterocycles. The number of carboxylic acid groups (broad SMARTS) is 1. The molecule has 0 aliphatic heterocycles. The molecule has 1 N–H and O–H groups in total. The van der Waals surface area contributed by atoms with Gasteiger partial charge in [0, 0.05) is 7.49 Å². The largest absolute Gasteiger partial charge is 0.478 e. The van der Waals surface area contributed by atoms with E-state index in [1.54, 1.807) is 6.07 Å². The molecule has 0 atom stereocenters. The van der Waals surface area contributed by atoms with Crippen LogP contribution in [-0.4, -0.2) is 11.1 Å². The van der Waals surface area contributed by atoms with Crippen molar-refractivity contribution in [1.29, 1.82) is 0 Å². The number of aromatic carboxylic acids is 1. The van der Waals surface area contributed by atoms with Crippen LogP contribution in [-0.2, 0) is 0 Å². The van der Waals surface area contributed by atoms with Gasteiger partial charge in [-0.1, -0.05) is 35.4 Å². The summed E-state index contributed by atoms with van der Waals surface area (Å²) >= 11 is 0. The molecule has 3 aromatic rings. The molecule has 128 valence electrons. The Hall–Kier alpha value is -3.27. The molecule has 0 radical (unpaired) electrons. The molecule has 0 aliphatic carbocycles. The highest BCUT2D eigenvalue weighted by atomic mass is 16.5. The third kappa shape index (κ3) is 4.38. The van der Waals surface area contributed by atoms with Gasteiger partial charge < -0.3 is 14.6 Å². The number of benzene rings is 3. The van der Waals surface area contributed by atoms with Crippen molar-refractivity contribution in [1.82, 2.24) is 0 Å². The third-order valence-corrected chi connectivity index (χ3v) is 3.64. The van der Waals surface area contributed by atoms with Crippen LogP contribution in [0.15, 0.2) is 66.7 Å². The van der Waals surface area contributed by atoms with Gasteiger partial charge in [0.2, 0.25) is 0 Å². The highest BCUT2D eigenvalue weighted by molar-refractivity contribution is 5.88. The van der Waals surface area contributed by atoms with Gasteiger partial charge in [0.15, 0.2) is 0 Å². The summed E-state index contributed by atoms with van der Waals surface area (Å²) in [5.41, 5.74) is 2.34. The van der Waals surface area contributed by atoms with E-state index in [1.165, 1.54) is 12.1 Å². The second-order valence-electron chi connectivity index (χ2n) is 5.83. The summed E-state index contributed by atoms with van der Waals surface area (Å²) < 4.78 is 11.6. The van der Waals surface area contributed by atoms with Crippen LogP contribution < -0.4 is 9.47 Å². The van der Waals surface area contributed by atoms with Gasteiger partial charge in [-0.3, -0.25) is 0 Å². The summed E-state index contributed by atoms with van der Waals surface area (Å²) in [5, 5.41) is 9.33. The average molecular weight is 336 g/mol.